The molecular formula is C15H14N2O5S. The van der Waals surface area contributed by atoms with Crippen molar-refractivity contribution in [3.05, 3.63) is 63.7 Å². The van der Waals surface area contributed by atoms with Crippen molar-refractivity contribution in [2.75, 3.05) is 11.6 Å². The summed E-state index contributed by atoms with van der Waals surface area (Å²) >= 11 is 0. The average Bonchev–Trinajstić information content (AvgIpc) is 2.48. The van der Waals surface area contributed by atoms with Crippen LogP contribution in [0.3, 0.4) is 0 Å². The Morgan fingerprint density at radius 2 is 1.83 bits per heavy atom. The van der Waals surface area contributed by atoms with Crippen molar-refractivity contribution >= 4 is 27.1 Å². The molecule has 0 heterocycles. The summed E-state index contributed by atoms with van der Waals surface area (Å²) in [5.41, 5.74) is 0.539. The lowest BCUT2D eigenvalue weighted by molar-refractivity contribution is -0.385. The number of nitro benzene ring substituents is 1. The van der Waals surface area contributed by atoms with Gasteiger partial charge in [-0.05, 0) is 25.1 Å². The van der Waals surface area contributed by atoms with Crippen LogP contribution in [0, 0.1) is 17.0 Å². The predicted octanol–water partition coefficient (Wildman–Crippen LogP) is 2.56. The van der Waals surface area contributed by atoms with Gasteiger partial charge in [-0.1, -0.05) is 18.2 Å². The van der Waals surface area contributed by atoms with Crippen LogP contribution >= 0.6 is 0 Å². The van der Waals surface area contributed by atoms with E-state index in [-0.39, 0.29) is 21.8 Å². The van der Waals surface area contributed by atoms with E-state index >= 15 is 0 Å². The molecule has 0 spiro atoms. The number of sulfone groups is 1. The van der Waals surface area contributed by atoms with Crippen molar-refractivity contribution in [3.8, 4) is 0 Å². The molecule has 1 N–H and O–H groups in total. The second-order valence-corrected chi connectivity index (χ2v) is 6.96. The Bertz CT molecular complexity index is 890. The fourth-order valence-electron chi connectivity index (χ4n) is 2.06. The summed E-state index contributed by atoms with van der Waals surface area (Å²) in [5.74, 6) is -0.649. The maximum atomic E-state index is 12.3. The Kier molecular flexibility index (Phi) is 4.46. The van der Waals surface area contributed by atoms with E-state index in [1.165, 1.54) is 36.4 Å². The fourth-order valence-corrected chi connectivity index (χ4v) is 2.95. The van der Waals surface area contributed by atoms with Crippen LogP contribution in [0.1, 0.15) is 15.9 Å². The molecule has 0 unspecified atom stereocenters. The first-order chi connectivity index (χ1) is 10.7. The second kappa shape index (κ2) is 6.17. The third kappa shape index (κ3) is 3.72. The average molecular weight is 334 g/mol. The number of hydrogen-bond acceptors (Lipinski definition) is 5. The van der Waals surface area contributed by atoms with Crippen LogP contribution in [0.25, 0.3) is 0 Å². The van der Waals surface area contributed by atoms with Gasteiger partial charge in [0.25, 0.3) is 11.6 Å². The van der Waals surface area contributed by atoms with E-state index in [9.17, 15) is 23.3 Å². The van der Waals surface area contributed by atoms with Crippen LogP contribution in [0.2, 0.25) is 0 Å². The zero-order valence-electron chi connectivity index (χ0n) is 12.4. The number of nitrogens with zero attached hydrogens (tertiary/aromatic N) is 1. The maximum Gasteiger partial charge on any atom is 0.274 e. The SMILES string of the molecule is Cc1ccc(NC(=O)c2ccccc2S(C)(=O)=O)cc1[N+](=O)[O-]. The van der Waals surface area contributed by atoms with Gasteiger partial charge in [0.2, 0.25) is 0 Å². The molecule has 0 fully saturated rings. The minimum Gasteiger partial charge on any atom is -0.322 e. The van der Waals surface area contributed by atoms with E-state index < -0.39 is 20.7 Å². The molecular weight excluding hydrogens is 320 g/mol. The van der Waals surface area contributed by atoms with E-state index in [0.29, 0.717) is 5.56 Å². The lowest BCUT2D eigenvalue weighted by atomic mass is 10.1. The summed E-state index contributed by atoms with van der Waals surface area (Å²) in [4.78, 5) is 22.6. The Balaban J connectivity index is 2.38. The Morgan fingerprint density at radius 1 is 1.17 bits per heavy atom. The first-order valence-electron chi connectivity index (χ1n) is 6.55. The molecule has 2 aromatic rings. The number of hydrogen-bond donors (Lipinski definition) is 1. The van der Waals surface area contributed by atoms with Gasteiger partial charge in [0.15, 0.2) is 9.84 Å². The Hall–Kier alpha value is -2.74. The van der Waals surface area contributed by atoms with Gasteiger partial charge < -0.3 is 5.32 Å². The number of nitro groups is 1. The first kappa shape index (κ1) is 16.6. The Labute approximate surface area is 133 Å². The van der Waals surface area contributed by atoms with Gasteiger partial charge in [-0.2, -0.15) is 0 Å². The summed E-state index contributed by atoms with van der Waals surface area (Å²) in [7, 11) is -3.57. The summed E-state index contributed by atoms with van der Waals surface area (Å²) < 4.78 is 23.5. The van der Waals surface area contributed by atoms with Crippen molar-refractivity contribution < 1.29 is 18.1 Å². The number of carbonyl (C=O) groups excluding carboxylic acids is 1. The molecule has 0 aliphatic rings. The van der Waals surface area contributed by atoms with Gasteiger partial charge in [0, 0.05) is 23.6 Å². The minimum absolute atomic E-state index is 0.0155. The number of anilines is 1. The van der Waals surface area contributed by atoms with E-state index in [2.05, 4.69) is 5.32 Å². The summed E-state index contributed by atoms with van der Waals surface area (Å²) in [6.07, 6.45) is 1.01. The molecule has 0 aromatic heterocycles. The van der Waals surface area contributed by atoms with Gasteiger partial charge in [0.1, 0.15) is 0 Å². The molecule has 0 radical (unpaired) electrons. The number of nitrogens with one attached hydrogen (secondary N) is 1. The molecule has 2 aromatic carbocycles. The third-order valence-corrected chi connectivity index (χ3v) is 4.35. The largest absolute Gasteiger partial charge is 0.322 e. The molecule has 120 valence electrons. The summed E-state index contributed by atoms with van der Waals surface area (Å²) in [6.45, 7) is 1.59. The van der Waals surface area contributed by atoms with Crippen molar-refractivity contribution in [3.63, 3.8) is 0 Å². The van der Waals surface area contributed by atoms with Gasteiger partial charge in [-0.3, -0.25) is 14.9 Å². The summed E-state index contributed by atoms with van der Waals surface area (Å²) in [5, 5.41) is 13.4. The third-order valence-electron chi connectivity index (χ3n) is 3.19. The highest BCUT2D eigenvalue weighted by Gasteiger charge is 2.19. The molecule has 0 saturated carbocycles. The van der Waals surface area contributed by atoms with Crippen molar-refractivity contribution in [2.45, 2.75) is 11.8 Å². The van der Waals surface area contributed by atoms with E-state index in [1.807, 2.05) is 0 Å². The molecule has 23 heavy (non-hydrogen) atoms. The van der Waals surface area contributed by atoms with E-state index in [4.69, 9.17) is 0 Å². The normalized spacial score (nSPS) is 11.0. The highest BCUT2D eigenvalue weighted by atomic mass is 32.2. The van der Waals surface area contributed by atoms with Gasteiger partial charge in [-0.15, -0.1) is 0 Å². The van der Waals surface area contributed by atoms with Gasteiger partial charge in [0.05, 0.1) is 15.4 Å². The number of benzene rings is 2. The van der Waals surface area contributed by atoms with Crippen LogP contribution in [-0.4, -0.2) is 25.5 Å². The van der Waals surface area contributed by atoms with Crippen LogP contribution < -0.4 is 5.32 Å². The molecule has 8 heteroatoms. The van der Waals surface area contributed by atoms with Crippen molar-refractivity contribution in [2.24, 2.45) is 0 Å². The summed E-state index contributed by atoms with van der Waals surface area (Å²) in [6, 6.07) is 10.0. The zero-order valence-corrected chi connectivity index (χ0v) is 13.3. The molecule has 1 amide bonds. The molecule has 0 aliphatic carbocycles. The second-order valence-electron chi connectivity index (χ2n) is 4.98. The van der Waals surface area contributed by atoms with Gasteiger partial charge >= 0.3 is 0 Å². The molecule has 0 atom stereocenters. The van der Waals surface area contributed by atoms with E-state index in [0.717, 1.165) is 6.26 Å². The lowest BCUT2D eigenvalue weighted by Crippen LogP contribution is -2.16. The highest BCUT2D eigenvalue weighted by molar-refractivity contribution is 7.90. The molecule has 2 rings (SSSR count). The van der Waals surface area contributed by atoms with E-state index in [1.54, 1.807) is 13.0 Å². The number of carbonyl (C=O) groups is 1. The molecule has 0 bridgehead atoms. The quantitative estimate of drug-likeness (QED) is 0.683. The lowest BCUT2D eigenvalue weighted by Gasteiger charge is -2.09. The highest BCUT2D eigenvalue weighted by Crippen LogP contribution is 2.23. The first-order valence-corrected chi connectivity index (χ1v) is 8.45. The monoisotopic (exact) mass is 334 g/mol. The van der Waals surface area contributed by atoms with Crippen LogP contribution in [0.4, 0.5) is 11.4 Å². The number of rotatable bonds is 4. The maximum absolute atomic E-state index is 12.3. The van der Waals surface area contributed by atoms with Crippen molar-refractivity contribution in [1.29, 1.82) is 0 Å². The van der Waals surface area contributed by atoms with Gasteiger partial charge in [-0.25, -0.2) is 8.42 Å². The predicted molar refractivity (Wildman–Crippen MR) is 85.3 cm³/mol. The van der Waals surface area contributed by atoms with Crippen LogP contribution in [0.15, 0.2) is 47.4 Å². The van der Waals surface area contributed by atoms with Crippen LogP contribution in [0.5, 0.6) is 0 Å². The van der Waals surface area contributed by atoms with Crippen LogP contribution in [-0.2, 0) is 9.84 Å². The molecule has 7 nitrogen and oxygen atoms in total. The number of amides is 1. The molecule has 0 aliphatic heterocycles. The Morgan fingerprint density at radius 3 is 2.43 bits per heavy atom. The zero-order chi connectivity index (χ0) is 17.2. The van der Waals surface area contributed by atoms with Crippen molar-refractivity contribution in [1.82, 2.24) is 0 Å². The minimum atomic E-state index is -3.57. The number of aryl methyl sites for hydroxylation is 1. The standard InChI is InChI=1S/C15H14N2O5S/c1-10-7-8-11(9-13(10)17(19)20)16-15(18)12-5-3-4-6-14(12)23(2,21)22/h3-9H,1-2H3,(H,16,18). The smallest absolute Gasteiger partial charge is 0.274 e. The topological polar surface area (TPSA) is 106 Å². The molecule has 0 saturated heterocycles. The fraction of sp³-hybridized carbons (Fsp3) is 0.133.